The van der Waals surface area contributed by atoms with Gasteiger partial charge in [-0.15, -0.1) is 0 Å². The van der Waals surface area contributed by atoms with Gasteiger partial charge in [0.05, 0.1) is 28.3 Å². The summed E-state index contributed by atoms with van der Waals surface area (Å²) in [7, 11) is 0. The van der Waals surface area contributed by atoms with Gasteiger partial charge in [-0.1, -0.05) is 19.1 Å². The Balaban J connectivity index is 1.62. The van der Waals surface area contributed by atoms with Gasteiger partial charge in [0.25, 0.3) is 5.91 Å². The van der Waals surface area contributed by atoms with Crippen LogP contribution in [0.25, 0.3) is 0 Å². The van der Waals surface area contributed by atoms with E-state index in [9.17, 15) is 14.4 Å². The van der Waals surface area contributed by atoms with E-state index in [1.165, 1.54) is 4.90 Å². The molecule has 0 spiro atoms. The highest BCUT2D eigenvalue weighted by molar-refractivity contribution is 6.13. The quantitative estimate of drug-likeness (QED) is 0.822. The van der Waals surface area contributed by atoms with Crippen molar-refractivity contribution in [1.29, 1.82) is 0 Å². The van der Waals surface area contributed by atoms with Gasteiger partial charge in [0.15, 0.2) is 0 Å². The van der Waals surface area contributed by atoms with E-state index in [-0.39, 0.29) is 24.3 Å². The van der Waals surface area contributed by atoms with Crippen LogP contribution in [0, 0.1) is 13.8 Å². The topological polar surface area (TPSA) is 87.5 Å². The third kappa shape index (κ3) is 3.36. The Morgan fingerprint density at radius 2 is 2.00 bits per heavy atom. The van der Waals surface area contributed by atoms with E-state index in [2.05, 4.69) is 17.3 Å². The normalized spacial score (nSPS) is 18.3. The molecule has 8 heteroatoms. The number of para-hydroxylation sites is 1. The second kappa shape index (κ2) is 7.93. The molecule has 2 aromatic rings. The zero-order chi connectivity index (χ0) is 21.4. The zero-order valence-corrected chi connectivity index (χ0v) is 17.6. The van der Waals surface area contributed by atoms with Crippen molar-refractivity contribution in [2.75, 3.05) is 23.3 Å². The maximum atomic E-state index is 13.3. The number of aromatic nitrogens is 2. The number of aryl methyl sites for hydroxylation is 2. The molecule has 3 heterocycles. The molecule has 1 fully saturated rings. The van der Waals surface area contributed by atoms with Crippen LogP contribution in [0.5, 0.6) is 0 Å². The smallest absolute Gasteiger partial charge is 0.256 e. The molecule has 4 rings (SSSR count). The fourth-order valence-corrected chi connectivity index (χ4v) is 4.40. The number of carbonyl (C=O) groups is 3. The highest BCUT2D eigenvalue weighted by Gasteiger charge is 2.42. The number of rotatable bonds is 5. The maximum Gasteiger partial charge on any atom is 0.256 e. The lowest BCUT2D eigenvalue weighted by Crippen LogP contribution is -2.47. The van der Waals surface area contributed by atoms with Gasteiger partial charge < -0.3 is 15.1 Å². The molecule has 0 saturated carbocycles. The number of amides is 3. The molecule has 3 amide bonds. The van der Waals surface area contributed by atoms with Crippen LogP contribution in [0.1, 0.15) is 47.9 Å². The van der Waals surface area contributed by atoms with Crippen molar-refractivity contribution in [3.8, 4) is 0 Å². The number of anilines is 2. The van der Waals surface area contributed by atoms with Crippen molar-refractivity contribution < 1.29 is 14.4 Å². The molecule has 30 heavy (non-hydrogen) atoms. The summed E-state index contributed by atoms with van der Waals surface area (Å²) in [5.74, 6) is -0.646. The molecular weight excluding hydrogens is 382 g/mol. The number of hydrogen-bond acceptors (Lipinski definition) is 4. The first-order valence-corrected chi connectivity index (χ1v) is 10.5. The molecule has 1 atom stereocenters. The summed E-state index contributed by atoms with van der Waals surface area (Å²) >= 11 is 0. The Labute approximate surface area is 175 Å². The van der Waals surface area contributed by atoms with E-state index >= 15 is 0 Å². The number of nitrogens with one attached hydrogen (secondary N) is 1. The summed E-state index contributed by atoms with van der Waals surface area (Å²) in [4.78, 5) is 42.3. The van der Waals surface area contributed by atoms with Gasteiger partial charge in [-0.2, -0.15) is 5.10 Å². The first-order valence-electron chi connectivity index (χ1n) is 10.5. The van der Waals surface area contributed by atoms with Crippen molar-refractivity contribution >= 4 is 29.1 Å². The van der Waals surface area contributed by atoms with Crippen LogP contribution in [-0.4, -0.2) is 51.5 Å². The van der Waals surface area contributed by atoms with Gasteiger partial charge >= 0.3 is 0 Å². The Hall–Kier alpha value is -3.16. The summed E-state index contributed by atoms with van der Waals surface area (Å²) in [6, 6.07) is 6.51. The summed E-state index contributed by atoms with van der Waals surface area (Å²) in [5, 5.41) is 7.42. The molecule has 1 unspecified atom stereocenters. The van der Waals surface area contributed by atoms with E-state index in [4.69, 9.17) is 0 Å². The van der Waals surface area contributed by atoms with Gasteiger partial charge in [0.1, 0.15) is 12.6 Å². The third-order valence-corrected chi connectivity index (χ3v) is 5.87. The Kier molecular flexibility index (Phi) is 5.32. The van der Waals surface area contributed by atoms with E-state index in [0.29, 0.717) is 29.9 Å². The van der Waals surface area contributed by atoms with Crippen molar-refractivity contribution in [2.45, 2.75) is 52.6 Å². The summed E-state index contributed by atoms with van der Waals surface area (Å²) < 4.78 is 1.88. The molecule has 1 aromatic heterocycles. The lowest BCUT2D eigenvalue weighted by Gasteiger charge is -2.25. The number of fused-ring (bicyclic) bond motifs is 2. The van der Waals surface area contributed by atoms with E-state index < -0.39 is 6.04 Å². The monoisotopic (exact) mass is 409 g/mol. The van der Waals surface area contributed by atoms with Crippen LogP contribution >= 0.6 is 0 Å². The predicted octanol–water partition coefficient (Wildman–Crippen LogP) is 2.50. The van der Waals surface area contributed by atoms with Crippen molar-refractivity contribution in [1.82, 2.24) is 14.7 Å². The first kappa shape index (κ1) is 20.1. The Morgan fingerprint density at radius 1 is 1.23 bits per heavy atom. The molecule has 1 N–H and O–H groups in total. The minimum absolute atomic E-state index is 0.142. The number of hydrogen-bond donors (Lipinski definition) is 1. The maximum absolute atomic E-state index is 13.3. The Bertz CT molecular complexity index is 1010. The molecule has 0 bridgehead atoms. The lowest BCUT2D eigenvalue weighted by molar-refractivity contribution is -0.124. The average molecular weight is 409 g/mol. The first-order chi connectivity index (χ1) is 14.4. The molecule has 1 aromatic carbocycles. The summed E-state index contributed by atoms with van der Waals surface area (Å²) in [6.07, 6.45) is 2.36. The summed E-state index contributed by atoms with van der Waals surface area (Å²) in [6.45, 7) is 7.05. The van der Waals surface area contributed by atoms with E-state index in [0.717, 1.165) is 30.8 Å². The van der Waals surface area contributed by atoms with Gasteiger partial charge in [0, 0.05) is 13.1 Å². The van der Waals surface area contributed by atoms with Crippen molar-refractivity contribution in [3.05, 3.63) is 41.2 Å². The minimum atomic E-state index is -0.506. The average Bonchev–Trinajstić information content (AvgIpc) is 3.30. The van der Waals surface area contributed by atoms with Crippen LogP contribution in [0.15, 0.2) is 24.3 Å². The lowest BCUT2D eigenvalue weighted by atomic mass is 10.1. The van der Waals surface area contributed by atoms with Crippen molar-refractivity contribution in [3.63, 3.8) is 0 Å². The third-order valence-electron chi connectivity index (χ3n) is 5.87. The van der Waals surface area contributed by atoms with Crippen LogP contribution in [0.2, 0.25) is 0 Å². The molecule has 8 nitrogen and oxygen atoms in total. The highest BCUT2D eigenvalue weighted by Crippen LogP contribution is 2.32. The van der Waals surface area contributed by atoms with Crippen LogP contribution in [0.4, 0.5) is 11.4 Å². The SMILES string of the molecule is CCCn1nc(C)c(NC(=O)CN2C(=O)C3CCCN3C(=O)c3ccccc32)c1C. The summed E-state index contributed by atoms with van der Waals surface area (Å²) in [5.41, 5.74) is 3.28. The molecule has 0 aliphatic carbocycles. The molecule has 2 aliphatic heterocycles. The standard InChI is InChI=1S/C22H27N5O3/c1-4-11-27-15(3)20(14(2)24-27)23-19(28)13-26-17-9-6-5-8-16(17)21(29)25-12-7-10-18(25)22(26)30/h5-6,8-9,18H,4,7,10-13H2,1-3H3,(H,23,28). The predicted molar refractivity (Wildman–Crippen MR) is 113 cm³/mol. The molecule has 2 aliphatic rings. The number of carbonyl (C=O) groups excluding carboxylic acids is 3. The van der Waals surface area contributed by atoms with E-state index in [1.54, 1.807) is 29.2 Å². The van der Waals surface area contributed by atoms with E-state index in [1.807, 2.05) is 18.5 Å². The van der Waals surface area contributed by atoms with Gasteiger partial charge in [-0.25, -0.2) is 0 Å². The van der Waals surface area contributed by atoms with Crippen LogP contribution < -0.4 is 10.2 Å². The molecule has 1 saturated heterocycles. The van der Waals surface area contributed by atoms with Crippen LogP contribution in [-0.2, 0) is 16.1 Å². The number of benzene rings is 1. The van der Waals surface area contributed by atoms with Crippen molar-refractivity contribution in [2.24, 2.45) is 0 Å². The fraction of sp³-hybridized carbons (Fsp3) is 0.455. The largest absolute Gasteiger partial charge is 0.327 e. The molecular formula is C22H27N5O3. The Morgan fingerprint density at radius 3 is 2.77 bits per heavy atom. The molecule has 158 valence electrons. The van der Waals surface area contributed by atoms with Crippen LogP contribution in [0.3, 0.4) is 0 Å². The minimum Gasteiger partial charge on any atom is -0.327 e. The zero-order valence-electron chi connectivity index (χ0n) is 17.6. The fourth-order valence-electron chi connectivity index (χ4n) is 4.40. The van der Waals surface area contributed by atoms with Gasteiger partial charge in [-0.3, -0.25) is 19.1 Å². The second-order valence-electron chi connectivity index (χ2n) is 7.92. The number of nitrogens with zero attached hydrogens (tertiary/aromatic N) is 4. The second-order valence-corrected chi connectivity index (χ2v) is 7.92. The van der Waals surface area contributed by atoms with Gasteiger partial charge in [0.2, 0.25) is 11.8 Å². The molecule has 0 radical (unpaired) electrons. The van der Waals surface area contributed by atoms with Gasteiger partial charge in [-0.05, 0) is 45.2 Å². The highest BCUT2D eigenvalue weighted by atomic mass is 16.2.